The fourth-order valence-corrected chi connectivity index (χ4v) is 5.79. The predicted molar refractivity (Wildman–Crippen MR) is 124 cm³/mol. The van der Waals surface area contributed by atoms with E-state index in [2.05, 4.69) is 0 Å². The first-order valence-electron chi connectivity index (χ1n) is 11.8. The molecule has 4 rings (SSSR count). The Morgan fingerprint density at radius 1 is 1.06 bits per heavy atom. The van der Waals surface area contributed by atoms with Gasteiger partial charge >= 0.3 is 17.8 Å². The fourth-order valence-electron chi connectivity index (χ4n) is 4.50. The number of ether oxygens (including phenoxy) is 1. The van der Waals surface area contributed by atoms with Gasteiger partial charge in [-0.1, -0.05) is 12.8 Å². The van der Waals surface area contributed by atoms with Gasteiger partial charge in [-0.05, 0) is 24.8 Å². The molecule has 1 aliphatic carbocycles. The second-order valence-electron chi connectivity index (χ2n) is 9.33. The topological polar surface area (TPSA) is 90.6 Å². The van der Waals surface area contributed by atoms with Crippen LogP contribution < -0.4 is 11.2 Å². The summed E-state index contributed by atoms with van der Waals surface area (Å²) >= 11 is 0.894. The zero-order valence-electron chi connectivity index (χ0n) is 19.7. The number of hydrogen-bond acceptors (Lipinski definition) is 6. The molecule has 1 saturated carbocycles. The van der Waals surface area contributed by atoms with Crippen molar-refractivity contribution in [3.63, 3.8) is 0 Å². The predicted octanol–water partition coefficient (Wildman–Crippen LogP) is 3.45. The molecular formula is C23H28F3N3O5S. The number of piperidine rings is 1. The molecule has 0 spiro atoms. The molecule has 192 valence electrons. The van der Waals surface area contributed by atoms with Gasteiger partial charge in [-0.3, -0.25) is 23.5 Å². The zero-order chi connectivity index (χ0) is 25.5. The van der Waals surface area contributed by atoms with E-state index in [9.17, 15) is 32.3 Å². The quantitative estimate of drug-likeness (QED) is 0.527. The van der Waals surface area contributed by atoms with E-state index in [1.54, 1.807) is 11.8 Å². The van der Waals surface area contributed by atoms with Crippen LogP contribution in [0.4, 0.5) is 13.2 Å². The molecule has 1 saturated heterocycles. The van der Waals surface area contributed by atoms with Gasteiger partial charge in [-0.2, -0.15) is 13.2 Å². The lowest BCUT2D eigenvalue weighted by Gasteiger charge is -2.31. The summed E-state index contributed by atoms with van der Waals surface area (Å²) in [6.45, 7) is 3.14. The Labute approximate surface area is 203 Å². The van der Waals surface area contributed by atoms with Crippen LogP contribution in [0, 0.1) is 12.8 Å². The van der Waals surface area contributed by atoms with Crippen LogP contribution in [0.15, 0.2) is 9.59 Å². The molecule has 2 fully saturated rings. The highest BCUT2D eigenvalue weighted by Crippen LogP contribution is 2.33. The summed E-state index contributed by atoms with van der Waals surface area (Å²) < 4.78 is 46.3. The van der Waals surface area contributed by atoms with Crippen molar-refractivity contribution in [3.8, 4) is 0 Å². The van der Waals surface area contributed by atoms with Crippen molar-refractivity contribution in [2.45, 2.75) is 77.7 Å². The van der Waals surface area contributed by atoms with Crippen molar-refractivity contribution in [3.05, 3.63) is 31.3 Å². The minimum absolute atomic E-state index is 0.0996. The smallest absolute Gasteiger partial charge is 0.390 e. The molecule has 1 amide bonds. The van der Waals surface area contributed by atoms with E-state index in [1.165, 1.54) is 6.92 Å². The van der Waals surface area contributed by atoms with Crippen molar-refractivity contribution in [2.75, 3.05) is 13.1 Å². The maximum atomic E-state index is 13.3. The van der Waals surface area contributed by atoms with E-state index < -0.39 is 30.4 Å². The Morgan fingerprint density at radius 3 is 2.29 bits per heavy atom. The molecule has 8 nitrogen and oxygen atoms in total. The molecule has 0 N–H and O–H groups in total. The Bertz CT molecular complexity index is 1250. The van der Waals surface area contributed by atoms with Gasteiger partial charge in [0.15, 0.2) is 0 Å². The number of alkyl halides is 3. The Morgan fingerprint density at radius 2 is 1.71 bits per heavy atom. The number of fused-ring (bicyclic) bond motifs is 1. The fraction of sp³-hybridized carbons (Fsp3) is 0.652. The number of thiophene rings is 1. The van der Waals surface area contributed by atoms with Crippen LogP contribution in [0.5, 0.6) is 0 Å². The van der Waals surface area contributed by atoms with E-state index in [1.807, 2.05) is 0 Å². The summed E-state index contributed by atoms with van der Waals surface area (Å²) in [4.78, 5) is 52.8. The highest BCUT2D eigenvalue weighted by molar-refractivity contribution is 7.20. The molecule has 0 atom stereocenters. The summed E-state index contributed by atoms with van der Waals surface area (Å²) in [6, 6.07) is 0. The van der Waals surface area contributed by atoms with E-state index in [0.717, 1.165) is 33.3 Å². The normalized spacial score (nSPS) is 17.2. The number of aromatic nitrogens is 2. The molecule has 2 aromatic rings. The lowest BCUT2D eigenvalue weighted by molar-refractivity contribution is -0.148. The van der Waals surface area contributed by atoms with Gasteiger partial charge in [-0.15, -0.1) is 11.3 Å². The van der Waals surface area contributed by atoms with E-state index in [-0.39, 0.29) is 39.6 Å². The van der Waals surface area contributed by atoms with E-state index in [0.29, 0.717) is 43.8 Å². The van der Waals surface area contributed by atoms with Crippen LogP contribution in [0.25, 0.3) is 10.2 Å². The first kappa shape index (κ1) is 25.5. The first-order chi connectivity index (χ1) is 16.5. The number of esters is 1. The van der Waals surface area contributed by atoms with Crippen LogP contribution in [0.1, 0.15) is 60.7 Å². The molecule has 1 aliphatic heterocycles. The molecule has 3 heterocycles. The highest BCUT2D eigenvalue weighted by Gasteiger charge is 2.32. The van der Waals surface area contributed by atoms with Crippen molar-refractivity contribution in [1.29, 1.82) is 0 Å². The van der Waals surface area contributed by atoms with Crippen molar-refractivity contribution < 1.29 is 27.5 Å². The second kappa shape index (κ2) is 9.79. The number of carbonyl (C=O) groups is 2. The number of amides is 1. The molecule has 0 bridgehead atoms. The minimum atomic E-state index is -4.47. The van der Waals surface area contributed by atoms with Crippen LogP contribution in [-0.4, -0.2) is 51.3 Å². The number of rotatable bonds is 7. The van der Waals surface area contributed by atoms with E-state index >= 15 is 0 Å². The third kappa shape index (κ3) is 5.62. The molecule has 2 aromatic heterocycles. The van der Waals surface area contributed by atoms with E-state index in [4.69, 9.17) is 4.74 Å². The summed E-state index contributed by atoms with van der Waals surface area (Å²) in [6.07, 6.45) is -2.37. The molecule has 0 radical (unpaired) electrons. The van der Waals surface area contributed by atoms with Crippen LogP contribution in [0.2, 0.25) is 0 Å². The molecule has 35 heavy (non-hydrogen) atoms. The minimum Gasteiger partial charge on any atom is -0.462 e. The second-order valence-corrected chi connectivity index (χ2v) is 10.3. The van der Waals surface area contributed by atoms with Crippen LogP contribution >= 0.6 is 11.3 Å². The number of aryl methyl sites for hydroxylation is 2. The molecular weight excluding hydrogens is 487 g/mol. The number of carbonyl (C=O) groups excluding carboxylic acids is 2. The average molecular weight is 516 g/mol. The van der Waals surface area contributed by atoms with Crippen molar-refractivity contribution in [2.24, 2.45) is 5.92 Å². The van der Waals surface area contributed by atoms with Gasteiger partial charge < -0.3 is 9.64 Å². The molecule has 0 aromatic carbocycles. The average Bonchev–Trinajstić information content (AvgIpc) is 3.54. The van der Waals surface area contributed by atoms with Gasteiger partial charge in [0.1, 0.15) is 10.9 Å². The summed E-state index contributed by atoms with van der Waals surface area (Å²) in [7, 11) is 0. The van der Waals surface area contributed by atoms with Gasteiger partial charge in [0.2, 0.25) is 0 Å². The lowest BCUT2D eigenvalue weighted by atomic mass is 10.1. The lowest BCUT2D eigenvalue weighted by Crippen LogP contribution is -2.41. The third-order valence-corrected chi connectivity index (χ3v) is 7.93. The van der Waals surface area contributed by atoms with Gasteiger partial charge in [0.25, 0.3) is 11.5 Å². The van der Waals surface area contributed by atoms with Crippen LogP contribution in [-0.2, 0) is 22.6 Å². The largest absolute Gasteiger partial charge is 0.462 e. The summed E-state index contributed by atoms with van der Waals surface area (Å²) in [5, 5.41) is 0.130. The number of halogens is 3. The Balaban J connectivity index is 1.70. The van der Waals surface area contributed by atoms with Gasteiger partial charge in [0, 0.05) is 45.9 Å². The highest BCUT2D eigenvalue weighted by atomic mass is 32.1. The zero-order valence-corrected chi connectivity index (χ0v) is 20.5. The summed E-state index contributed by atoms with van der Waals surface area (Å²) in [5.74, 6) is -0.301. The third-order valence-electron chi connectivity index (χ3n) is 6.63. The molecule has 0 unspecified atom stereocenters. The Kier molecular flexibility index (Phi) is 7.12. The standard InChI is InChI=1S/C23H28F3N3O5S/c1-13-17-19(31)28(11-5-15-3-4-15)22(33)29(12-8-23(24,25)26)21(17)35-18(13)20(32)27-9-6-16(7-10-27)34-14(2)30/h15-16H,3-12H2,1-2H3. The van der Waals surface area contributed by atoms with Gasteiger partial charge in [-0.25, -0.2) is 4.79 Å². The maximum Gasteiger partial charge on any atom is 0.390 e. The molecule has 2 aliphatic rings. The van der Waals surface area contributed by atoms with Crippen molar-refractivity contribution in [1.82, 2.24) is 14.0 Å². The first-order valence-corrected chi connectivity index (χ1v) is 12.6. The molecule has 12 heteroatoms. The number of nitrogens with zero attached hydrogens (tertiary/aromatic N) is 3. The number of likely N-dealkylation sites (tertiary alicyclic amines) is 1. The van der Waals surface area contributed by atoms with Gasteiger partial charge in [0.05, 0.1) is 16.7 Å². The summed E-state index contributed by atoms with van der Waals surface area (Å²) in [5.41, 5.74) is -0.951. The van der Waals surface area contributed by atoms with Crippen LogP contribution in [0.3, 0.4) is 0 Å². The van der Waals surface area contributed by atoms with Crippen molar-refractivity contribution >= 4 is 33.4 Å². The SMILES string of the molecule is CC(=O)OC1CCN(C(=O)c2sc3c(c2C)c(=O)n(CCC2CC2)c(=O)n3CCC(F)(F)F)CC1. The number of hydrogen-bond donors (Lipinski definition) is 0. The Hall–Kier alpha value is -2.63. The maximum absolute atomic E-state index is 13.3. The monoisotopic (exact) mass is 515 g/mol.